The van der Waals surface area contributed by atoms with E-state index in [2.05, 4.69) is 10.3 Å². The molecule has 110 valence electrons. The Balaban J connectivity index is 1.84. The van der Waals surface area contributed by atoms with Gasteiger partial charge in [0.05, 0.1) is 10.7 Å². The van der Waals surface area contributed by atoms with Crippen molar-refractivity contribution in [2.45, 2.75) is 25.4 Å². The van der Waals surface area contributed by atoms with Crippen molar-refractivity contribution >= 4 is 23.1 Å². The van der Waals surface area contributed by atoms with Crippen LogP contribution < -0.4 is 10.2 Å². The summed E-state index contributed by atoms with van der Waals surface area (Å²) in [5.41, 5.74) is 1.48. The Bertz CT molecular complexity index is 643. The Kier molecular flexibility index (Phi) is 4.08. The van der Waals surface area contributed by atoms with Crippen LogP contribution in [0.15, 0.2) is 36.5 Å². The van der Waals surface area contributed by atoms with Crippen LogP contribution in [0.25, 0.3) is 0 Å². The largest absolute Gasteiger partial charge is 0.327 e. The molecular weight excluding hydrogens is 289 g/mol. The summed E-state index contributed by atoms with van der Waals surface area (Å²) in [5.74, 6) is 0.409. The van der Waals surface area contributed by atoms with Crippen LogP contribution in [0, 0.1) is 5.82 Å². The van der Waals surface area contributed by atoms with Gasteiger partial charge < -0.3 is 10.2 Å². The monoisotopic (exact) mass is 305 g/mol. The molecular formula is C16H17ClFN3. The zero-order chi connectivity index (χ0) is 14.8. The zero-order valence-corrected chi connectivity index (χ0v) is 12.6. The molecule has 0 radical (unpaired) electrons. The van der Waals surface area contributed by atoms with Gasteiger partial charge in [0.1, 0.15) is 11.6 Å². The summed E-state index contributed by atoms with van der Waals surface area (Å²) in [6, 6.07) is 9.17. The molecule has 0 bridgehead atoms. The Morgan fingerprint density at radius 3 is 2.86 bits per heavy atom. The van der Waals surface area contributed by atoms with Crippen LogP contribution in [0.4, 0.5) is 15.9 Å². The van der Waals surface area contributed by atoms with Crippen LogP contribution >= 0.6 is 11.6 Å². The lowest BCUT2D eigenvalue weighted by Gasteiger charge is -2.20. The number of benzene rings is 1. The van der Waals surface area contributed by atoms with Gasteiger partial charge in [-0.15, -0.1) is 0 Å². The molecule has 1 aliphatic rings. The highest BCUT2D eigenvalue weighted by molar-refractivity contribution is 6.31. The van der Waals surface area contributed by atoms with Gasteiger partial charge in [0.2, 0.25) is 0 Å². The number of para-hydroxylation sites is 1. The van der Waals surface area contributed by atoms with E-state index >= 15 is 0 Å². The minimum Gasteiger partial charge on any atom is -0.327 e. The van der Waals surface area contributed by atoms with E-state index in [9.17, 15) is 4.39 Å². The standard InChI is InChI=1S/C16H17ClFN3/c1-21(15-5-3-2-4-14(15)18)16-8-11(13(17)10-20-16)9-19-12-6-7-12/h2-5,8,10,12,19H,6-7,9H2,1H3. The van der Waals surface area contributed by atoms with Crippen LogP contribution in [-0.2, 0) is 6.54 Å². The average Bonchev–Trinajstić information content (AvgIpc) is 3.30. The van der Waals surface area contributed by atoms with Gasteiger partial charge in [-0.25, -0.2) is 9.37 Å². The van der Waals surface area contributed by atoms with Gasteiger partial charge in [-0.2, -0.15) is 0 Å². The van der Waals surface area contributed by atoms with E-state index in [4.69, 9.17) is 11.6 Å². The topological polar surface area (TPSA) is 28.2 Å². The molecule has 0 atom stereocenters. The highest BCUT2D eigenvalue weighted by atomic mass is 35.5. The second-order valence-electron chi connectivity index (χ2n) is 5.30. The van der Waals surface area contributed by atoms with Crippen LogP contribution in [0.2, 0.25) is 5.02 Å². The van der Waals surface area contributed by atoms with Crippen LogP contribution in [0.5, 0.6) is 0 Å². The van der Waals surface area contributed by atoms with Gasteiger partial charge in [-0.3, -0.25) is 0 Å². The van der Waals surface area contributed by atoms with Gasteiger partial charge >= 0.3 is 0 Å². The summed E-state index contributed by atoms with van der Waals surface area (Å²) < 4.78 is 13.9. The van der Waals surface area contributed by atoms with Crippen LogP contribution in [0.1, 0.15) is 18.4 Å². The van der Waals surface area contributed by atoms with Gasteiger partial charge in [0.15, 0.2) is 0 Å². The predicted molar refractivity (Wildman–Crippen MR) is 83.6 cm³/mol. The second-order valence-corrected chi connectivity index (χ2v) is 5.71. The Morgan fingerprint density at radius 1 is 1.38 bits per heavy atom. The first kappa shape index (κ1) is 14.3. The number of rotatable bonds is 5. The molecule has 0 saturated heterocycles. The van der Waals surface area contributed by atoms with Gasteiger partial charge in [0, 0.05) is 25.8 Å². The van der Waals surface area contributed by atoms with Gasteiger partial charge in [-0.1, -0.05) is 23.7 Å². The van der Waals surface area contributed by atoms with E-state index in [1.54, 1.807) is 36.3 Å². The molecule has 2 aromatic rings. The maximum atomic E-state index is 13.9. The molecule has 0 unspecified atom stereocenters. The third-order valence-corrected chi connectivity index (χ3v) is 3.98. The first-order valence-electron chi connectivity index (χ1n) is 7.01. The molecule has 1 aromatic heterocycles. The van der Waals surface area contributed by atoms with Crippen molar-refractivity contribution in [1.29, 1.82) is 0 Å². The lowest BCUT2D eigenvalue weighted by molar-refractivity contribution is 0.627. The lowest BCUT2D eigenvalue weighted by atomic mass is 10.2. The minimum absolute atomic E-state index is 0.269. The molecule has 3 rings (SSSR count). The maximum absolute atomic E-state index is 13.9. The van der Waals surface area contributed by atoms with Crippen molar-refractivity contribution in [2.75, 3.05) is 11.9 Å². The van der Waals surface area contributed by atoms with Crippen molar-refractivity contribution < 1.29 is 4.39 Å². The van der Waals surface area contributed by atoms with Gasteiger partial charge in [-0.05, 0) is 36.6 Å². The summed E-state index contributed by atoms with van der Waals surface area (Å²) >= 11 is 6.19. The Hall–Kier alpha value is -1.65. The molecule has 1 N–H and O–H groups in total. The number of hydrogen-bond donors (Lipinski definition) is 1. The molecule has 1 aromatic carbocycles. The number of anilines is 2. The smallest absolute Gasteiger partial charge is 0.146 e. The summed E-state index contributed by atoms with van der Waals surface area (Å²) in [7, 11) is 1.80. The Labute approximate surface area is 128 Å². The van der Waals surface area contributed by atoms with Crippen molar-refractivity contribution in [3.63, 3.8) is 0 Å². The fraction of sp³-hybridized carbons (Fsp3) is 0.312. The SMILES string of the molecule is CN(c1cc(CNC2CC2)c(Cl)cn1)c1ccccc1F. The molecule has 21 heavy (non-hydrogen) atoms. The molecule has 5 heteroatoms. The summed E-state index contributed by atoms with van der Waals surface area (Å²) in [6.07, 6.45) is 4.08. The average molecular weight is 306 g/mol. The predicted octanol–water partition coefficient (Wildman–Crippen LogP) is 3.89. The van der Waals surface area contributed by atoms with E-state index in [0.29, 0.717) is 29.1 Å². The first-order chi connectivity index (χ1) is 10.1. The molecule has 1 aliphatic carbocycles. The highest BCUT2D eigenvalue weighted by Crippen LogP contribution is 2.28. The number of hydrogen-bond acceptors (Lipinski definition) is 3. The maximum Gasteiger partial charge on any atom is 0.146 e. The zero-order valence-electron chi connectivity index (χ0n) is 11.8. The van der Waals surface area contributed by atoms with E-state index in [1.807, 2.05) is 6.07 Å². The third-order valence-electron chi connectivity index (χ3n) is 3.64. The van der Waals surface area contributed by atoms with E-state index in [-0.39, 0.29) is 5.82 Å². The summed E-state index contributed by atoms with van der Waals surface area (Å²) in [4.78, 5) is 6.03. The first-order valence-corrected chi connectivity index (χ1v) is 7.39. The van der Waals surface area contributed by atoms with Crippen molar-refractivity contribution in [2.24, 2.45) is 0 Å². The van der Waals surface area contributed by atoms with E-state index < -0.39 is 0 Å². The van der Waals surface area contributed by atoms with E-state index in [0.717, 1.165) is 5.56 Å². The summed E-state index contributed by atoms with van der Waals surface area (Å²) in [5, 5.41) is 4.06. The molecule has 1 saturated carbocycles. The molecule has 1 fully saturated rings. The molecule has 0 aliphatic heterocycles. The highest BCUT2D eigenvalue weighted by Gasteiger charge is 2.20. The fourth-order valence-corrected chi connectivity index (χ4v) is 2.35. The second kappa shape index (κ2) is 6.00. The lowest BCUT2D eigenvalue weighted by Crippen LogP contribution is -2.17. The third kappa shape index (κ3) is 3.34. The van der Waals surface area contributed by atoms with Crippen LogP contribution in [0.3, 0.4) is 0 Å². The number of nitrogens with zero attached hydrogens (tertiary/aromatic N) is 2. The minimum atomic E-state index is -0.269. The number of halogens is 2. The van der Waals surface area contributed by atoms with E-state index in [1.165, 1.54) is 18.9 Å². The number of pyridine rings is 1. The van der Waals surface area contributed by atoms with Crippen molar-refractivity contribution in [1.82, 2.24) is 10.3 Å². The Morgan fingerprint density at radius 2 is 2.14 bits per heavy atom. The number of nitrogens with one attached hydrogen (secondary N) is 1. The number of aromatic nitrogens is 1. The molecule has 0 spiro atoms. The van der Waals surface area contributed by atoms with Crippen molar-refractivity contribution in [3.8, 4) is 0 Å². The normalized spacial score (nSPS) is 14.2. The fourth-order valence-electron chi connectivity index (χ4n) is 2.18. The molecule has 3 nitrogen and oxygen atoms in total. The van der Waals surface area contributed by atoms with Gasteiger partial charge in [0.25, 0.3) is 0 Å². The summed E-state index contributed by atoms with van der Waals surface area (Å²) in [6.45, 7) is 0.712. The molecule has 0 amide bonds. The molecule has 1 heterocycles. The van der Waals surface area contributed by atoms with Crippen LogP contribution in [-0.4, -0.2) is 18.1 Å². The quantitative estimate of drug-likeness (QED) is 0.908. The van der Waals surface area contributed by atoms with Crippen molar-refractivity contribution in [3.05, 3.63) is 52.9 Å².